The lowest BCUT2D eigenvalue weighted by Crippen LogP contribution is -2.42. The summed E-state index contributed by atoms with van der Waals surface area (Å²) < 4.78 is 22.8. The van der Waals surface area contributed by atoms with Crippen LogP contribution in [-0.2, 0) is 14.2 Å². The van der Waals surface area contributed by atoms with Crippen molar-refractivity contribution in [2.45, 2.75) is 58.5 Å². The van der Waals surface area contributed by atoms with Gasteiger partial charge in [0.25, 0.3) is 5.91 Å². The van der Waals surface area contributed by atoms with Crippen molar-refractivity contribution in [2.24, 2.45) is 5.41 Å². The summed E-state index contributed by atoms with van der Waals surface area (Å²) in [6, 6.07) is 16.1. The zero-order valence-corrected chi connectivity index (χ0v) is 25.2. The van der Waals surface area contributed by atoms with E-state index in [1.807, 2.05) is 62.1 Å². The number of aliphatic hydroxyl groups is 1. The van der Waals surface area contributed by atoms with E-state index in [2.05, 4.69) is 19.1 Å². The second-order valence-corrected chi connectivity index (χ2v) is 11.4. The average Bonchev–Trinajstić information content (AvgIpc) is 2.93. The first-order valence-corrected chi connectivity index (χ1v) is 14.4. The molecule has 1 radical (unpaired) electrons. The molecule has 1 aliphatic rings. The smallest absolute Gasteiger partial charge is 0.254 e. The Morgan fingerprint density at radius 3 is 2.33 bits per heavy atom. The molecular weight excluding hydrogens is 506 g/mol. The fourth-order valence-corrected chi connectivity index (χ4v) is 6.20. The number of rotatable bonds is 15. The number of amides is 1. The van der Waals surface area contributed by atoms with Crippen LogP contribution < -0.4 is 4.74 Å². The summed E-state index contributed by atoms with van der Waals surface area (Å²) >= 11 is 0. The van der Waals surface area contributed by atoms with Crippen LogP contribution >= 0.6 is 0 Å². The number of morpholine rings is 1. The number of hydrogen-bond acceptors (Lipinski definition) is 6. The number of ether oxygens (including phenoxy) is 4. The summed E-state index contributed by atoms with van der Waals surface area (Å²) in [6.45, 7) is 11.9. The molecular formula is C33H48NO6. The van der Waals surface area contributed by atoms with Crippen LogP contribution in [0.4, 0.5) is 0 Å². The number of benzene rings is 2. The van der Waals surface area contributed by atoms with E-state index < -0.39 is 11.0 Å². The van der Waals surface area contributed by atoms with Gasteiger partial charge in [-0.2, -0.15) is 0 Å². The molecule has 2 unspecified atom stereocenters. The summed E-state index contributed by atoms with van der Waals surface area (Å²) in [5, 5.41) is 11.3. The lowest BCUT2D eigenvalue weighted by atomic mass is 9.58. The van der Waals surface area contributed by atoms with Crippen LogP contribution in [0, 0.1) is 11.3 Å². The zero-order valence-electron chi connectivity index (χ0n) is 25.2. The minimum absolute atomic E-state index is 0.0121. The van der Waals surface area contributed by atoms with E-state index in [4.69, 9.17) is 18.9 Å². The van der Waals surface area contributed by atoms with E-state index in [1.54, 1.807) is 14.2 Å². The van der Waals surface area contributed by atoms with Gasteiger partial charge in [-0.05, 0) is 80.7 Å². The average molecular weight is 555 g/mol. The summed E-state index contributed by atoms with van der Waals surface area (Å²) in [5.74, 6) is 1.96. The molecule has 1 saturated heterocycles. The van der Waals surface area contributed by atoms with E-state index >= 15 is 0 Å². The van der Waals surface area contributed by atoms with Crippen molar-refractivity contribution in [3.8, 4) is 5.75 Å². The van der Waals surface area contributed by atoms with E-state index in [1.165, 1.54) is 0 Å². The van der Waals surface area contributed by atoms with Crippen LogP contribution in [0.1, 0.15) is 74.4 Å². The monoisotopic (exact) mass is 554 g/mol. The molecule has 1 fully saturated rings. The number of carbonyl (C=O) groups excluding carboxylic acids is 1. The van der Waals surface area contributed by atoms with Gasteiger partial charge in [-0.15, -0.1) is 0 Å². The fraction of sp³-hybridized carbons (Fsp3) is 0.576. The highest BCUT2D eigenvalue weighted by Crippen LogP contribution is 2.55. The number of nitrogens with zero attached hydrogens (tertiary/aromatic N) is 1. The Kier molecular flexibility index (Phi) is 12.0. The van der Waals surface area contributed by atoms with Crippen molar-refractivity contribution in [1.29, 1.82) is 0 Å². The molecule has 7 nitrogen and oxygen atoms in total. The van der Waals surface area contributed by atoms with Gasteiger partial charge in [0.2, 0.25) is 0 Å². The molecule has 1 N–H and O–H groups in total. The van der Waals surface area contributed by atoms with Gasteiger partial charge >= 0.3 is 0 Å². The predicted molar refractivity (Wildman–Crippen MR) is 158 cm³/mol. The van der Waals surface area contributed by atoms with E-state index in [0.717, 1.165) is 29.2 Å². The maximum atomic E-state index is 13.4. The first-order chi connectivity index (χ1) is 19.1. The van der Waals surface area contributed by atoms with Crippen molar-refractivity contribution >= 4 is 5.91 Å². The van der Waals surface area contributed by atoms with Crippen LogP contribution in [-0.4, -0.2) is 81.9 Å². The van der Waals surface area contributed by atoms with Crippen molar-refractivity contribution in [2.75, 3.05) is 60.3 Å². The van der Waals surface area contributed by atoms with Gasteiger partial charge < -0.3 is 29.0 Å². The molecule has 2 aromatic rings. The normalized spacial score (nSPS) is 16.6. The Balaban J connectivity index is 2.16. The first-order valence-electron chi connectivity index (χ1n) is 14.4. The molecule has 221 valence electrons. The Labute approximate surface area is 240 Å². The summed E-state index contributed by atoms with van der Waals surface area (Å²) in [6.07, 6.45) is 1.88. The van der Waals surface area contributed by atoms with Crippen LogP contribution in [0.15, 0.2) is 48.5 Å². The first kappa shape index (κ1) is 32.1. The van der Waals surface area contributed by atoms with Crippen LogP contribution in [0.5, 0.6) is 5.75 Å². The van der Waals surface area contributed by atoms with Gasteiger partial charge in [-0.1, -0.05) is 37.3 Å². The van der Waals surface area contributed by atoms with Crippen molar-refractivity contribution in [1.82, 2.24) is 4.90 Å². The molecule has 1 heterocycles. The third-order valence-electron chi connectivity index (χ3n) is 7.78. The highest BCUT2D eigenvalue weighted by Gasteiger charge is 2.46. The number of hydrogen-bond donors (Lipinski definition) is 1. The lowest BCUT2D eigenvalue weighted by Gasteiger charge is -2.47. The topological polar surface area (TPSA) is 77.5 Å². The molecule has 3 rings (SSSR count). The van der Waals surface area contributed by atoms with Gasteiger partial charge in [0.1, 0.15) is 5.75 Å². The highest BCUT2D eigenvalue weighted by molar-refractivity contribution is 5.94. The van der Waals surface area contributed by atoms with Crippen LogP contribution in [0.25, 0.3) is 0 Å². The van der Waals surface area contributed by atoms with Gasteiger partial charge in [0.05, 0.1) is 25.4 Å². The minimum Gasteiger partial charge on any atom is -0.494 e. The Bertz CT molecular complexity index is 1060. The fourth-order valence-electron chi connectivity index (χ4n) is 6.20. The van der Waals surface area contributed by atoms with Crippen LogP contribution in [0.3, 0.4) is 0 Å². The number of para-hydroxylation sites is 1. The van der Waals surface area contributed by atoms with Gasteiger partial charge in [-0.25, -0.2) is 0 Å². The van der Waals surface area contributed by atoms with Gasteiger partial charge in [0.15, 0.2) is 0 Å². The van der Waals surface area contributed by atoms with E-state index in [0.29, 0.717) is 64.5 Å². The maximum Gasteiger partial charge on any atom is 0.254 e. The molecule has 7 heteroatoms. The van der Waals surface area contributed by atoms with Gasteiger partial charge in [-0.3, -0.25) is 4.79 Å². The molecule has 0 saturated carbocycles. The summed E-state index contributed by atoms with van der Waals surface area (Å²) in [7, 11) is 3.42. The maximum absolute atomic E-state index is 13.4. The molecule has 2 atom stereocenters. The van der Waals surface area contributed by atoms with Gasteiger partial charge in [0, 0.05) is 52.0 Å². The van der Waals surface area contributed by atoms with E-state index in [-0.39, 0.29) is 11.8 Å². The molecule has 40 heavy (non-hydrogen) atoms. The third kappa shape index (κ3) is 8.29. The largest absolute Gasteiger partial charge is 0.494 e. The Morgan fingerprint density at radius 2 is 1.68 bits per heavy atom. The van der Waals surface area contributed by atoms with Crippen molar-refractivity contribution in [3.05, 3.63) is 71.1 Å². The van der Waals surface area contributed by atoms with E-state index in [9.17, 15) is 9.90 Å². The number of methoxy groups -OCH3 is 2. The Hall–Kier alpha value is -2.45. The molecule has 2 aromatic carbocycles. The summed E-state index contributed by atoms with van der Waals surface area (Å²) in [5.41, 5.74) is 1.24. The second kappa shape index (κ2) is 15.0. The quantitative estimate of drug-likeness (QED) is 0.313. The Morgan fingerprint density at radius 1 is 1.00 bits per heavy atom. The third-order valence-corrected chi connectivity index (χ3v) is 7.78. The standard InChI is InChI=1S/C33H48NO6/c1-7-40-30-14-9-8-13-27(30)29(16-20-38-6)33(4,24-32(2,3)36)28(15-19-37-5)25-11-10-12-26(23-25)31(35)34-17-21-39-22-18-34/h8-14,23,29,36H,7,15-22,24H2,1-6H3. The zero-order chi connectivity index (χ0) is 29.2. The minimum atomic E-state index is -0.958. The number of carbonyl (C=O) groups is 1. The predicted octanol–water partition coefficient (Wildman–Crippen LogP) is 5.50. The summed E-state index contributed by atoms with van der Waals surface area (Å²) in [4.78, 5) is 15.3. The SMILES string of the molecule is CCOc1ccccc1C(CCOC)C(C)(CC(C)(C)O)[C](CCOC)c1cccc(C(=O)N2CCOCC2)c1. The molecule has 0 aromatic heterocycles. The van der Waals surface area contributed by atoms with Crippen molar-refractivity contribution < 1.29 is 28.8 Å². The van der Waals surface area contributed by atoms with Crippen LogP contribution in [0.2, 0.25) is 0 Å². The second-order valence-electron chi connectivity index (χ2n) is 11.4. The lowest BCUT2D eigenvalue weighted by molar-refractivity contribution is 0.0152. The molecule has 0 aliphatic carbocycles. The van der Waals surface area contributed by atoms with Crippen molar-refractivity contribution in [3.63, 3.8) is 0 Å². The molecule has 1 amide bonds. The molecule has 0 bridgehead atoms. The molecule has 0 spiro atoms. The highest BCUT2D eigenvalue weighted by atomic mass is 16.5. The molecule has 1 aliphatic heterocycles.